The van der Waals surface area contributed by atoms with Crippen LogP contribution in [0.15, 0.2) is 0 Å². The van der Waals surface area contributed by atoms with Gasteiger partial charge < -0.3 is 4.90 Å². The third-order valence-corrected chi connectivity index (χ3v) is 4.06. The first-order valence-corrected chi connectivity index (χ1v) is 6.37. The molecule has 1 heterocycles. The van der Waals surface area contributed by atoms with Crippen LogP contribution in [0.4, 0.5) is 0 Å². The second kappa shape index (κ2) is 6.21. The number of carbonyl (C=O) groups is 1. The minimum atomic E-state index is -0.0588. The van der Waals surface area contributed by atoms with E-state index in [0.717, 1.165) is 13.0 Å². The van der Waals surface area contributed by atoms with Crippen molar-refractivity contribution in [2.45, 2.75) is 46.0 Å². The number of hydrogen-bond acceptors (Lipinski definition) is 3. The summed E-state index contributed by atoms with van der Waals surface area (Å²) in [4.78, 5) is 13.5. The minimum Gasteiger partial charge on any atom is -0.303 e. The van der Waals surface area contributed by atoms with Crippen LogP contribution in [0.1, 0.15) is 46.0 Å². The van der Waals surface area contributed by atoms with Crippen LogP contribution in [0.5, 0.6) is 0 Å². The summed E-state index contributed by atoms with van der Waals surface area (Å²) >= 11 is 0. The molecule has 1 aliphatic heterocycles. The molecule has 0 aromatic heterocycles. The van der Waals surface area contributed by atoms with Gasteiger partial charge in [-0.25, -0.2) is 5.84 Å². The largest absolute Gasteiger partial charge is 0.303 e. The van der Waals surface area contributed by atoms with Crippen LogP contribution in [0.2, 0.25) is 0 Å². The molecular weight excluding hydrogens is 202 g/mol. The summed E-state index contributed by atoms with van der Waals surface area (Å²) in [6, 6.07) is 0. The summed E-state index contributed by atoms with van der Waals surface area (Å²) < 4.78 is 0. The topological polar surface area (TPSA) is 58.4 Å². The summed E-state index contributed by atoms with van der Waals surface area (Å²) in [5, 5.41) is 0. The fourth-order valence-corrected chi connectivity index (χ4v) is 2.58. The van der Waals surface area contributed by atoms with Crippen molar-refractivity contribution in [1.29, 1.82) is 0 Å². The predicted octanol–water partition coefficient (Wildman–Crippen LogP) is 1.27. The van der Waals surface area contributed by atoms with Crippen molar-refractivity contribution in [2.75, 3.05) is 19.6 Å². The molecule has 0 spiro atoms. The van der Waals surface area contributed by atoms with Crippen LogP contribution in [-0.2, 0) is 4.79 Å². The third-order valence-electron chi connectivity index (χ3n) is 4.06. The Morgan fingerprint density at radius 3 is 2.62 bits per heavy atom. The molecule has 1 rings (SSSR count). The molecule has 0 radical (unpaired) electrons. The molecule has 1 amide bonds. The smallest absolute Gasteiger partial charge is 0.233 e. The quantitative estimate of drug-likeness (QED) is 0.408. The van der Waals surface area contributed by atoms with Gasteiger partial charge in [-0.1, -0.05) is 13.8 Å². The molecule has 0 aliphatic carbocycles. The molecular formula is C12H25N3O. The van der Waals surface area contributed by atoms with Crippen molar-refractivity contribution < 1.29 is 4.79 Å². The van der Waals surface area contributed by atoms with Gasteiger partial charge in [0.1, 0.15) is 0 Å². The molecule has 16 heavy (non-hydrogen) atoms. The Morgan fingerprint density at radius 1 is 1.44 bits per heavy atom. The third kappa shape index (κ3) is 3.46. The number of nitrogens with one attached hydrogen (secondary N) is 1. The van der Waals surface area contributed by atoms with Crippen LogP contribution >= 0.6 is 0 Å². The number of likely N-dealkylation sites (tertiary alicyclic amines) is 1. The summed E-state index contributed by atoms with van der Waals surface area (Å²) in [7, 11) is 0. The van der Waals surface area contributed by atoms with Gasteiger partial charge >= 0.3 is 0 Å². The van der Waals surface area contributed by atoms with Gasteiger partial charge in [0.25, 0.3) is 0 Å². The number of nitrogens with two attached hydrogens (primary N) is 1. The predicted molar refractivity (Wildman–Crippen MR) is 65.6 cm³/mol. The number of hydrazine groups is 1. The van der Waals surface area contributed by atoms with Crippen LogP contribution in [-0.4, -0.2) is 30.4 Å². The Balaban J connectivity index is 2.23. The van der Waals surface area contributed by atoms with E-state index in [0.29, 0.717) is 11.8 Å². The van der Waals surface area contributed by atoms with E-state index in [4.69, 9.17) is 5.84 Å². The molecule has 4 nitrogen and oxygen atoms in total. The number of amides is 1. The highest BCUT2D eigenvalue weighted by Gasteiger charge is 2.34. The minimum absolute atomic E-state index is 0.0588. The average molecular weight is 227 g/mol. The molecule has 1 saturated heterocycles. The van der Waals surface area contributed by atoms with E-state index in [1.165, 1.54) is 32.4 Å². The first kappa shape index (κ1) is 13.5. The molecule has 0 bridgehead atoms. The van der Waals surface area contributed by atoms with E-state index in [9.17, 15) is 4.79 Å². The SMILES string of the molecule is CCC1(CC)CCN(CCCC(=O)NN)C1. The maximum Gasteiger partial charge on any atom is 0.233 e. The van der Waals surface area contributed by atoms with Crippen LogP contribution in [0, 0.1) is 5.41 Å². The lowest BCUT2D eigenvalue weighted by Gasteiger charge is -2.26. The van der Waals surface area contributed by atoms with Gasteiger partial charge in [0, 0.05) is 13.0 Å². The van der Waals surface area contributed by atoms with Crippen molar-refractivity contribution in [1.82, 2.24) is 10.3 Å². The lowest BCUT2D eigenvalue weighted by Crippen LogP contribution is -2.31. The van der Waals surface area contributed by atoms with Crippen LogP contribution in [0.25, 0.3) is 0 Å². The van der Waals surface area contributed by atoms with Crippen LogP contribution in [0.3, 0.4) is 0 Å². The Morgan fingerprint density at radius 2 is 2.12 bits per heavy atom. The number of hydrogen-bond donors (Lipinski definition) is 2. The van der Waals surface area contributed by atoms with Crippen molar-refractivity contribution in [3.8, 4) is 0 Å². The molecule has 0 atom stereocenters. The van der Waals surface area contributed by atoms with Crippen molar-refractivity contribution >= 4 is 5.91 Å². The van der Waals surface area contributed by atoms with Gasteiger partial charge in [-0.2, -0.15) is 0 Å². The zero-order chi connectivity index (χ0) is 12.0. The number of rotatable bonds is 6. The molecule has 1 fully saturated rings. The Bertz CT molecular complexity index is 226. The monoisotopic (exact) mass is 227 g/mol. The molecule has 0 aromatic carbocycles. The van der Waals surface area contributed by atoms with Crippen molar-refractivity contribution in [3.63, 3.8) is 0 Å². The highest BCUT2D eigenvalue weighted by Crippen LogP contribution is 2.36. The van der Waals surface area contributed by atoms with E-state index in [-0.39, 0.29) is 5.91 Å². The van der Waals surface area contributed by atoms with Gasteiger partial charge in [0.2, 0.25) is 5.91 Å². The van der Waals surface area contributed by atoms with Crippen molar-refractivity contribution in [3.05, 3.63) is 0 Å². The van der Waals surface area contributed by atoms with E-state index < -0.39 is 0 Å². The Hall–Kier alpha value is -0.610. The number of nitrogens with zero attached hydrogens (tertiary/aromatic N) is 1. The molecule has 3 N–H and O–H groups in total. The highest BCUT2D eigenvalue weighted by atomic mass is 16.2. The number of carbonyl (C=O) groups excluding carboxylic acids is 1. The zero-order valence-corrected chi connectivity index (χ0v) is 10.6. The molecule has 1 aliphatic rings. The zero-order valence-electron chi connectivity index (χ0n) is 10.6. The summed E-state index contributed by atoms with van der Waals surface area (Å²) in [5.74, 6) is 4.98. The first-order chi connectivity index (χ1) is 7.65. The Labute approximate surface area is 98.5 Å². The van der Waals surface area contributed by atoms with Crippen molar-refractivity contribution in [2.24, 2.45) is 11.3 Å². The molecule has 0 unspecified atom stereocenters. The van der Waals surface area contributed by atoms with Crippen LogP contribution < -0.4 is 11.3 Å². The first-order valence-electron chi connectivity index (χ1n) is 6.37. The fraction of sp³-hybridized carbons (Fsp3) is 0.917. The van der Waals surface area contributed by atoms with E-state index >= 15 is 0 Å². The summed E-state index contributed by atoms with van der Waals surface area (Å²) in [5.41, 5.74) is 2.71. The van der Waals surface area contributed by atoms with Gasteiger partial charge in [-0.05, 0) is 44.2 Å². The second-order valence-corrected chi connectivity index (χ2v) is 4.90. The molecule has 0 saturated carbocycles. The summed E-state index contributed by atoms with van der Waals surface area (Å²) in [6.45, 7) is 7.98. The standard InChI is InChI=1S/C12H25N3O/c1-3-12(4-2)7-9-15(10-12)8-5-6-11(16)14-13/h3-10,13H2,1-2H3,(H,14,16). The highest BCUT2D eigenvalue weighted by molar-refractivity contribution is 5.75. The lowest BCUT2D eigenvalue weighted by molar-refractivity contribution is -0.121. The average Bonchev–Trinajstić information content (AvgIpc) is 2.73. The second-order valence-electron chi connectivity index (χ2n) is 4.90. The van der Waals surface area contributed by atoms with Gasteiger partial charge in [-0.3, -0.25) is 10.2 Å². The van der Waals surface area contributed by atoms with Gasteiger partial charge in [0.05, 0.1) is 0 Å². The summed E-state index contributed by atoms with van der Waals surface area (Å²) in [6.07, 6.45) is 5.29. The maximum absolute atomic E-state index is 11.0. The maximum atomic E-state index is 11.0. The fourth-order valence-electron chi connectivity index (χ4n) is 2.58. The molecule has 4 heteroatoms. The Kier molecular flexibility index (Phi) is 5.22. The van der Waals surface area contributed by atoms with Gasteiger partial charge in [0.15, 0.2) is 0 Å². The molecule has 94 valence electrons. The van der Waals surface area contributed by atoms with E-state index in [1.807, 2.05) is 0 Å². The van der Waals surface area contributed by atoms with Gasteiger partial charge in [-0.15, -0.1) is 0 Å². The molecule has 0 aromatic rings. The normalized spacial score (nSPS) is 19.9. The van der Waals surface area contributed by atoms with E-state index in [2.05, 4.69) is 24.2 Å². The van der Waals surface area contributed by atoms with E-state index in [1.54, 1.807) is 0 Å². The lowest BCUT2D eigenvalue weighted by atomic mass is 9.82.